The van der Waals surface area contributed by atoms with Crippen LogP contribution in [0.2, 0.25) is 0 Å². The third-order valence-corrected chi connectivity index (χ3v) is 2.81. The van der Waals surface area contributed by atoms with E-state index in [4.69, 9.17) is 5.26 Å². The van der Waals surface area contributed by atoms with Crippen molar-refractivity contribution in [1.82, 2.24) is 14.6 Å². The van der Waals surface area contributed by atoms with Gasteiger partial charge >= 0.3 is 0 Å². The van der Waals surface area contributed by atoms with Gasteiger partial charge in [0, 0.05) is 12.6 Å². The van der Waals surface area contributed by atoms with Crippen molar-refractivity contribution in [2.45, 2.75) is 6.42 Å². The monoisotopic (exact) mass is 252 g/mol. The molecule has 0 aliphatic rings. The van der Waals surface area contributed by atoms with Gasteiger partial charge in [-0.05, 0) is 23.8 Å². The quantitative estimate of drug-likeness (QED) is 0.703. The first-order valence-electron chi connectivity index (χ1n) is 5.75. The van der Waals surface area contributed by atoms with Gasteiger partial charge in [0.25, 0.3) is 0 Å². The van der Waals surface area contributed by atoms with Crippen molar-refractivity contribution < 1.29 is 4.39 Å². The largest absolute Gasteiger partial charge is 0.220 e. The van der Waals surface area contributed by atoms with Crippen molar-refractivity contribution in [3.05, 3.63) is 65.4 Å². The van der Waals surface area contributed by atoms with Gasteiger partial charge in [-0.1, -0.05) is 18.2 Å². The Morgan fingerprint density at radius 3 is 2.84 bits per heavy atom. The molecule has 92 valence electrons. The van der Waals surface area contributed by atoms with Crippen LogP contribution in [-0.4, -0.2) is 14.6 Å². The minimum Gasteiger partial charge on any atom is -0.220 e. The zero-order valence-electron chi connectivity index (χ0n) is 9.92. The van der Waals surface area contributed by atoms with Crippen LogP contribution in [0, 0.1) is 17.1 Å². The number of hydrogen-bond donors (Lipinski definition) is 0. The number of nitrogens with zero attached hydrogens (tertiary/aromatic N) is 4. The van der Waals surface area contributed by atoms with Gasteiger partial charge in [0.2, 0.25) is 0 Å². The van der Waals surface area contributed by atoms with Crippen LogP contribution >= 0.6 is 0 Å². The van der Waals surface area contributed by atoms with E-state index < -0.39 is 0 Å². The van der Waals surface area contributed by atoms with E-state index in [1.54, 1.807) is 36.5 Å². The molecule has 0 saturated heterocycles. The van der Waals surface area contributed by atoms with E-state index in [-0.39, 0.29) is 5.82 Å². The van der Waals surface area contributed by atoms with Gasteiger partial charge in [0.15, 0.2) is 11.5 Å². The maximum atomic E-state index is 13.5. The molecule has 0 saturated carbocycles. The van der Waals surface area contributed by atoms with Crippen LogP contribution in [-0.2, 0) is 6.42 Å². The summed E-state index contributed by atoms with van der Waals surface area (Å²) in [5.41, 5.74) is 1.71. The summed E-state index contributed by atoms with van der Waals surface area (Å²) in [4.78, 5) is 4.30. The van der Waals surface area contributed by atoms with Gasteiger partial charge in [0.1, 0.15) is 11.9 Å². The molecule has 5 heteroatoms. The van der Waals surface area contributed by atoms with Crippen molar-refractivity contribution >= 4 is 5.65 Å². The summed E-state index contributed by atoms with van der Waals surface area (Å²) < 4.78 is 15.1. The second kappa shape index (κ2) is 4.50. The number of rotatable bonds is 2. The standard InChI is InChI=1S/C14H9FN4/c15-12-4-2-1-3-11(12)7-13-17-14-6-5-10(8-16)9-19(14)18-13/h1-6,9H,7H2. The average molecular weight is 252 g/mol. The maximum absolute atomic E-state index is 13.5. The van der Waals surface area contributed by atoms with E-state index in [1.165, 1.54) is 10.6 Å². The Bertz CT molecular complexity index is 785. The molecule has 3 aromatic rings. The number of fused-ring (bicyclic) bond motifs is 1. The lowest BCUT2D eigenvalue weighted by molar-refractivity contribution is 0.612. The fourth-order valence-electron chi connectivity index (χ4n) is 1.88. The average Bonchev–Trinajstić information content (AvgIpc) is 2.82. The van der Waals surface area contributed by atoms with Gasteiger partial charge in [0.05, 0.1) is 5.56 Å². The molecule has 0 spiro atoms. The lowest BCUT2D eigenvalue weighted by Crippen LogP contribution is -1.95. The van der Waals surface area contributed by atoms with Crippen molar-refractivity contribution in [3.8, 4) is 6.07 Å². The molecular formula is C14H9FN4. The Hall–Kier alpha value is -2.74. The molecule has 1 aromatic carbocycles. The van der Waals surface area contributed by atoms with E-state index >= 15 is 0 Å². The zero-order valence-corrected chi connectivity index (χ0v) is 9.92. The maximum Gasteiger partial charge on any atom is 0.156 e. The first kappa shape index (κ1) is 11.4. The summed E-state index contributed by atoms with van der Waals surface area (Å²) in [6, 6.07) is 12.0. The Labute approximate surface area is 108 Å². The van der Waals surface area contributed by atoms with Crippen LogP contribution in [0.15, 0.2) is 42.6 Å². The van der Waals surface area contributed by atoms with Crippen LogP contribution in [0.1, 0.15) is 17.0 Å². The van der Waals surface area contributed by atoms with Crippen molar-refractivity contribution in [2.75, 3.05) is 0 Å². The molecule has 0 radical (unpaired) electrons. The van der Waals surface area contributed by atoms with Crippen LogP contribution < -0.4 is 0 Å². The minimum absolute atomic E-state index is 0.265. The molecular weight excluding hydrogens is 243 g/mol. The minimum atomic E-state index is -0.265. The van der Waals surface area contributed by atoms with Crippen LogP contribution in [0.25, 0.3) is 5.65 Å². The molecule has 0 atom stereocenters. The summed E-state index contributed by atoms with van der Waals surface area (Å²) >= 11 is 0. The summed E-state index contributed by atoms with van der Waals surface area (Å²) in [5.74, 6) is 0.263. The van der Waals surface area contributed by atoms with Crippen molar-refractivity contribution in [1.29, 1.82) is 5.26 Å². The number of halogens is 1. The number of benzene rings is 1. The van der Waals surface area contributed by atoms with Crippen molar-refractivity contribution in [3.63, 3.8) is 0 Å². The van der Waals surface area contributed by atoms with Crippen LogP contribution in [0.5, 0.6) is 0 Å². The Kier molecular flexibility index (Phi) is 2.69. The molecule has 0 aliphatic heterocycles. The third kappa shape index (κ3) is 2.16. The van der Waals surface area contributed by atoms with E-state index in [0.29, 0.717) is 29.0 Å². The molecule has 19 heavy (non-hydrogen) atoms. The molecule has 0 fully saturated rings. The highest BCUT2D eigenvalue weighted by Gasteiger charge is 2.08. The Morgan fingerprint density at radius 1 is 1.21 bits per heavy atom. The Balaban J connectivity index is 1.98. The Morgan fingerprint density at radius 2 is 2.05 bits per heavy atom. The normalized spacial score (nSPS) is 10.5. The van der Waals surface area contributed by atoms with E-state index in [2.05, 4.69) is 10.1 Å². The topological polar surface area (TPSA) is 54.0 Å². The fourth-order valence-corrected chi connectivity index (χ4v) is 1.88. The number of aromatic nitrogens is 3. The SMILES string of the molecule is N#Cc1ccc2nc(Cc3ccccc3F)nn2c1. The van der Waals surface area contributed by atoms with Crippen LogP contribution in [0.4, 0.5) is 4.39 Å². The van der Waals surface area contributed by atoms with Gasteiger partial charge < -0.3 is 0 Å². The van der Waals surface area contributed by atoms with Gasteiger partial charge in [-0.3, -0.25) is 0 Å². The first-order valence-corrected chi connectivity index (χ1v) is 5.75. The van der Waals surface area contributed by atoms with Gasteiger partial charge in [-0.2, -0.15) is 10.4 Å². The second-order valence-corrected chi connectivity index (χ2v) is 4.13. The molecule has 3 rings (SSSR count). The fraction of sp³-hybridized carbons (Fsp3) is 0.0714. The third-order valence-electron chi connectivity index (χ3n) is 2.81. The highest BCUT2D eigenvalue weighted by atomic mass is 19.1. The van der Waals surface area contributed by atoms with Crippen molar-refractivity contribution in [2.24, 2.45) is 0 Å². The molecule has 0 amide bonds. The molecule has 0 unspecified atom stereocenters. The highest BCUT2D eigenvalue weighted by molar-refractivity contribution is 5.42. The van der Waals surface area contributed by atoms with Gasteiger partial charge in [-0.25, -0.2) is 13.9 Å². The molecule has 4 nitrogen and oxygen atoms in total. The summed E-state index contributed by atoms with van der Waals surface area (Å²) in [7, 11) is 0. The summed E-state index contributed by atoms with van der Waals surface area (Å²) in [6.45, 7) is 0. The molecule has 2 heterocycles. The predicted octanol–water partition coefficient (Wildman–Crippen LogP) is 2.33. The van der Waals surface area contributed by atoms with E-state index in [9.17, 15) is 4.39 Å². The zero-order chi connectivity index (χ0) is 13.2. The second-order valence-electron chi connectivity index (χ2n) is 4.13. The lowest BCUT2D eigenvalue weighted by atomic mass is 10.1. The van der Waals surface area contributed by atoms with E-state index in [0.717, 1.165) is 0 Å². The van der Waals surface area contributed by atoms with E-state index in [1.807, 2.05) is 6.07 Å². The summed E-state index contributed by atoms with van der Waals surface area (Å²) in [5, 5.41) is 13.1. The number of nitriles is 1. The number of pyridine rings is 1. The predicted molar refractivity (Wildman–Crippen MR) is 66.9 cm³/mol. The van der Waals surface area contributed by atoms with Crippen LogP contribution in [0.3, 0.4) is 0 Å². The number of hydrogen-bond acceptors (Lipinski definition) is 3. The molecule has 0 N–H and O–H groups in total. The smallest absolute Gasteiger partial charge is 0.156 e. The summed E-state index contributed by atoms with van der Waals surface area (Å²) in [6.07, 6.45) is 1.93. The molecule has 2 aromatic heterocycles. The highest BCUT2D eigenvalue weighted by Crippen LogP contribution is 2.12. The first-order chi connectivity index (χ1) is 9.26. The van der Waals surface area contributed by atoms with Gasteiger partial charge in [-0.15, -0.1) is 0 Å². The lowest BCUT2D eigenvalue weighted by Gasteiger charge is -1.98. The molecule has 0 aliphatic carbocycles. The molecule has 0 bridgehead atoms.